The van der Waals surface area contributed by atoms with Gasteiger partial charge < -0.3 is 10.3 Å². The number of carbonyl (C=O) groups excluding carboxylic acids is 1. The van der Waals surface area contributed by atoms with Gasteiger partial charge in [-0.1, -0.05) is 34.1 Å². The number of aromatic nitrogens is 1. The molecule has 1 amide bonds. The van der Waals surface area contributed by atoms with Crippen LogP contribution in [0.5, 0.6) is 0 Å². The summed E-state index contributed by atoms with van der Waals surface area (Å²) in [6.07, 6.45) is 1.94. The second-order valence-corrected chi connectivity index (χ2v) is 7.92. The molecular formula is C20H18BrN3O. The molecule has 5 heteroatoms. The summed E-state index contributed by atoms with van der Waals surface area (Å²) in [6.45, 7) is 2.15. The fraction of sp³-hybridized carbons (Fsp3) is 0.250. The molecule has 3 aromatic rings. The van der Waals surface area contributed by atoms with Crippen molar-refractivity contribution in [2.24, 2.45) is 0 Å². The van der Waals surface area contributed by atoms with Crippen LogP contribution >= 0.6 is 15.9 Å². The highest BCUT2D eigenvalue weighted by atomic mass is 79.9. The van der Waals surface area contributed by atoms with E-state index in [2.05, 4.69) is 56.7 Å². The lowest BCUT2D eigenvalue weighted by molar-refractivity contribution is -0.120. The standard InChI is InChI=1S/C20H18BrN3O/c1-11-6-8-14-13-4-2-3-5-16(13)22-18(14)20(24-11)15-10-12(21)7-9-17(15)23-19(20)25/h2-5,7,9-11,22,24H,6,8H2,1H3,(H,23,25)/t11-,20-/m0/s1. The number of anilines is 1. The summed E-state index contributed by atoms with van der Waals surface area (Å²) in [5.41, 5.74) is 4.29. The fourth-order valence-corrected chi connectivity index (χ4v) is 4.68. The molecule has 0 fully saturated rings. The number of hydrogen-bond acceptors (Lipinski definition) is 2. The SMILES string of the molecule is C[C@H]1CCc2c([nH]c3ccccc23)[C@]2(N1)C(=O)Nc1ccc(Br)cc12. The number of nitrogens with one attached hydrogen (secondary N) is 3. The predicted molar refractivity (Wildman–Crippen MR) is 103 cm³/mol. The van der Waals surface area contributed by atoms with E-state index in [0.717, 1.165) is 39.8 Å². The molecule has 1 spiro atoms. The van der Waals surface area contributed by atoms with Gasteiger partial charge in [-0.2, -0.15) is 0 Å². The quantitative estimate of drug-likeness (QED) is 0.537. The molecule has 126 valence electrons. The molecule has 0 saturated heterocycles. The number of rotatable bonds is 0. The van der Waals surface area contributed by atoms with Crippen LogP contribution < -0.4 is 10.6 Å². The molecule has 2 aliphatic heterocycles. The van der Waals surface area contributed by atoms with Crippen molar-refractivity contribution in [2.45, 2.75) is 31.3 Å². The minimum absolute atomic E-state index is 0.0119. The van der Waals surface area contributed by atoms with Crippen LogP contribution in [0.4, 0.5) is 5.69 Å². The Labute approximate surface area is 154 Å². The molecule has 3 N–H and O–H groups in total. The Morgan fingerprint density at radius 1 is 1.20 bits per heavy atom. The van der Waals surface area contributed by atoms with Crippen molar-refractivity contribution in [3.63, 3.8) is 0 Å². The van der Waals surface area contributed by atoms with Gasteiger partial charge in [0.1, 0.15) is 0 Å². The lowest BCUT2D eigenvalue weighted by Crippen LogP contribution is -2.52. The van der Waals surface area contributed by atoms with Crippen molar-refractivity contribution >= 4 is 38.4 Å². The Morgan fingerprint density at radius 2 is 2.04 bits per heavy atom. The Hall–Kier alpha value is -2.11. The second-order valence-electron chi connectivity index (χ2n) is 7.00. The molecule has 2 aliphatic rings. The summed E-state index contributed by atoms with van der Waals surface area (Å²) in [5, 5.41) is 7.93. The molecule has 0 aliphatic carbocycles. The first-order valence-electron chi connectivity index (χ1n) is 8.59. The summed E-state index contributed by atoms with van der Waals surface area (Å²) >= 11 is 3.57. The smallest absolute Gasteiger partial charge is 0.255 e. The highest BCUT2D eigenvalue weighted by Crippen LogP contribution is 2.46. The van der Waals surface area contributed by atoms with Crippen molar-refractivity contribution in [3.05, 3.63) is 63.8 Å². The van der Waals surface area contributed by atoms with Crippen molar-refractivity contribution in [1.82, 2.24) is 10.3 Å². The molecule has 1 aromatic heterocycles. The van der Waals surface area contributed by atoms with Gasteiger partial charge in [0, 0.05) is 32.7 Å². The highest BCUT2D eigenvalue weighted by molar-refractivity contribution is 9.10. The van der Waals surface area contributed by atoms with E-state index in [1.165, 1.54) is 10.9 Å². The Kier molecular flexibility index (Phi) is 3.15. The Balaban J connectivity index is 1.88. The van der Waals surface area contributed by atoms with Gasteiger partial charge in [-0.3, -0.25) is 10.1 Å². The average molecular weight is 396 g/mol. The molecule has 0 saturated carbocycles. The van der Waals surface area contributed by atoms with Gasteiger partial charge in [0.05, 0.1) is 5.69 Å². The van der Waals surface area contributed by atoms with Crippen LogP contribution in [0.2, 0.25) is 0 Å². The van der Waals surface area contributed by atoms with E-state index in [9.17, 15) is 4.79 Å². The number of fused-ring (bicyclic) bond motifs is 6. The summed E-state index contributed by atoms with van der Waals surface area (Å²) < 4.78 is 0.971. The molecule has 5 rings (SSSR count). The maximum absolute atomic E-state index is 13.2. The predicted octanol–water partition coefficient (Wildman–Crippen LogP) is 4.05. The van der Waals surface area contributed by atoms with Crippen LogP contribution in [0.15, 0.2) is 46.9 Å². The topological polar surface area (TPSA) is 56.9 Å². The van der Waals surface area contributed by atoms with Gasteiger partial charge in [-0.05, 0) is 49.6 Å². The van der Waals surface area contributed by atoms with Crippen molar-refractivity contribution in [3.8, 4) is 0 Å². The normalized spacial score (nSPS) is 24.9. The number of aromatic amines is 1. The lowest BCUT2D eigenvalue weighted by atomic mass is 9.85. The van der Waals surface area contributed by atoms with Gasteiger partial charge >= 0.3 is 0 Å². The van der Waals surface area contributed by atoms with Gasteiger partial charge in [-0.25, -0.2) is 0 Å². The Bertz CT molecular complexity index is 1020. The molecule has 0 radical (unpaired) electrons. The van der Waals surface area contributed by atoms with Gasteiger partial charge in [0.2, 0.25) is 0 Å². The minimum Gasteiger partial charge on any atom is -0.356 e. The Morgan fingerprint density at radius 3 is 2.92 bits per heavy atom. The van der Waals surface area contributed by atoms with E-state index in [1.807, 2.05) is 24.3 Å². The number of halogens is 1. The van der Waals surface area contributed by atoms with E-state index in [1.54, 1.807) is 0 Å². The lowest BCUT2D eigenvalue weighted by Gasteiger charge is -2.30. The third-order valence-corrected chi connectivity index (χ3v) is 5.95. The molecular weight excluding hydrogens is 378 g/mol. The maximum atomic E-state index is 13.2. The molecule has 3 heterocycles. The number of hydrogen-bond donors (Lipinski definition) is 3. The van der Waals surface area contributed by atoms with Crippen molar-refractivity contribution < 1.29 is 4.79 Å². The molecule has 0 unspecified atom stereocenters. The number of amides is 1. The zero-order valence-electron chi connectivity index (χ0n) is 13.8. The molecule has 0 bridgehead atoms. The molecule has 25 heavy (non-hydrogen) atoms. The monoisotopic (exact) mass is 395 g/mol. The van der Waals surface area contributed by atoms with E-state index >= 15 is 0 Å². The molecule has 2 aromatic carbocycles. The zero-order valence-corrected chi connectivity index (χ0v) is 15.4. The second kappa shape index (κ2) is 5.19. The third-order valence-electron chi connectivity index (χ3n) is 5.45. The van der Waals surface area contributed by atoms with Gasteiger partial charge in [0.25, 0.3) is 5.91 Å². The van der Waals surface area contributed by atoms with Gasteiger partial charge in [0.15, 0.2) is 5.54 Å². The number of para-hydroxylation sites is 1. The van der Waals surface area contributed by atoms with Crippen LogP contribution in [-0.2, 0) is 16.8 Å². The van der Waals surface area contributed by atoms with E-state index in [0.29, 0.717) is 0 Å². The van der Waals surface area contributed by atoms with Crippen LogP contribution in [0.25, 0.3) is 10.9 Å². The first-order chi connectivity index (χ1) is 12.1. The van der Waals surface area contributed by atoms with E-state index in [-0.39, 0.29) is 11.9 Å². The maximum Gasteiger partial charge on any atom is 0.255 e. The first-order valence-corrected chi connectivity index (χ1v) is 9.38. The first kappa shape index (κ1) is 15.2. The highest BCUT2D eigenvalue weighted by Gasteiger charge is 2.52. The van der Waals surface area contributed by atoms with Crippen molar-refractivity contribution in [2.75, 3.05) is 5.32 Å². The molecule has 4 nitrogen and oxygen atoms in total. The summed E-state index contributed by atoms with van der Waals surface area (Å²) in [6, 6.07) is 14.5. The summed E-state index contributed by atoms with van der Waals surface area (Å²) in [5.74, 6) is -0.0119. The van der Waals surface area contributed by atoms with E-state index < -0.39 is 5.54 Å². The van der Waals surface area contributed by atoms with Crippen LogP contribution in [0, 0.1) is 0 Å². The van der Waals surface area contributed by atoms with Crippen molar-refractivity contribution in [1.29, 1.82) is 0 Å². The van der Waals surface area contributed by atoms with E-state index in [4.69, 9.17) is 0 Å². The van der Waals surface area contributed by atoms with Crippen LogP contribution in [0.3, 0.4) is 0 Å². The number of aryl methyl sites for hydroxylation is 1. The van der Waals surface area contributed by atoms with Crippen LogP contribution in [-0.4, -0.2) is 16.9 Å². The minimum atomic E-state index is -0.872. The largest absolute Gasteiger partial charge is 0.356 e. The number of H-pyrrole nitrogens is 1. The third kappa shape index (κ3) is 1.99. The number of benzene rings is 2. The summed E-state index contributed by atoms with van der Waals surface area (Å²) in [7, 11) is 0. The zero-order chi connectivity index (χ0) is 17.2. The van der Waals surface area contributed by atoms with Gasteiger partial charge in [-0.15, -0.1) is 0 Å². The number of carbonyl (C=O) groups is 1. The molecule has 2 atom stereocenters. The van der Waals surface area contributed by atoms with Crippen LogP contribution in [0.1, 0.15) is 30.2 Å². The average Bonchev–Trinajstić information content (AvgIpc) is 3.04. The summed E-state index contributed by atoms with van der Waals surface area (Å²) in [4.78, 5) is 16.8. The fourth-order valence-electron chi connectivity index (χ4n) is 4.32.